The second-order valence-corrected chi connectivity index (χ2v) is 6.71. The van der Waals surface area contributed by atoms with E-state index in [4.69, 9.17) is 22.1 Å². The minimum atomic E-state index is -0.615. The lowest BCUT2D eigenvalue weighted by atomic mass is 9.84. The summed E-state index contributed by atoms with van der Waals surface area (Å²) in [6.07, 6.45) is 0. The Hall–Kier alpha value is -0.620. The Bertz CT molecular complexity index is 451. The molecule has 1 fully saturated rings. The van der Waals surface area contributed by atoms with E-state index < -0.39 is 5.41 Å². The zero-order valence-corrected chi connectivity index (χ0v) is 12.1. The summed E-state index contributed by atoms with van der Waals surface area (Å²) >= 11 is 7.36. The third-order valence-electron chi connectivity index (χ3n) is 3.37. The van der Waals surface area contributed by atoms with Gasteiger partial charge in [-0.2, -0.15) is 0 Å². The number of hydrogen-bond acceptors (Lipinski definition) is 4. The summed E-state index contributed by atoms with van der Waals surface area (Å²) in [6, 6.07) is 3.54. The van der Waals surface area contributed by atoms with Gasteiger partial charge in [0.1, 0.15) is 0 Å². The quantitative estimate of drug-likeness (QED) is 0.921. The summed E-state index contributed by atoms with van der Waals surface area (Å²) in [5.41, 5.74) is 5.34. The first-order valence-corrected chi connectivity index (χ1v) is 6.96. The summed E-state index contributed by atoms with van der Waals surface area (Å²) in [7, 11) is 1.78. The van der Waals surface area contributed by atoms with Crippen LogP contribution in [0, 0.1) is 5.41 Å². The normalized spacial score (nSPS) is 27.4. The molecule has 4 nitrogen and oxygen atoms in total. The van der Waals surface area contributed by atoms with E-state index in [-0.39, 0.29) is 11.9 Å². The van der Waals surface area contributed by atoms with Gasteiger partial charge in [-0.3, -0.25) is 4.79 Å². The van der Waals surface area contributed by atoms with Crippen LogP contribution in [0.25, 0.3) is 0 Å². The van der Waals surface area contributed by atoms with Crippen LogP contribution in [0.3, 0.4) is 0 Å². The first-order valence-electron chi connectivity index (χ1n) is 5.76. The van der Waals surface area contributed by atoms with Gasteiger partial charge in [-0.25, -0.2) is 0 Å². The highest BCUT2D eigenvalue weighted by molar-refractivity contribution is 7.16. The molecule has 100 valence electrons. The minimum absolute atomic E-state index is 0.0250. The van der Waals surface area contributed by atoms with Crippen LogP contribution in [-0.4, -0.2) is 37.1 Å². The van der Waals surface area contributed by atoms with Gasteiger partial charge in [0.15, 0.2) is 0 Å². The molecule has 1 aromatic rings. The average Bonchev–Trinajstić information content (AvgIpc) is 2.86. The molecule has 18 heavy (non-hydrogen) atoms. The Labute approximate surface area is 116 Å². The number of nitrogens with two attached hydrogens (primary N) is 1. The number of amides is 1. The van der Waals surface area contributed by atoms with Crippen LogP contribution in [0.15, 0.2) is 12.1 Å². The van der Waals surface area contributed by atoms with Gasteiger partial charge in [-0.05, 0) is 19.1 Å². The van der Waals surface area contributed by atoms with E-state index >= 15 is 0 Å². The SMILES string of the molecule is CN(Cc1ccc(Cl)s1)C(=O)C1(C)COCC1N. The lowest BCUT2D eigenvalue weighted by Crippen LogP contribution is -2.50. The minimum Gasteiger partial charge on any atom is -0.379 e. The molecule has 2 atom stereocenters. The van der Waals surface area contributed by atoms with Gasteiger partial charge in [-0.1, -0.05) is 11.6 Å². The highest BCUT2D eigenvalue weighted by Crippen LogP contribution is 2.30. The monoisotopic (exact) mass is 288 g/mol. The van der Waals surface area contributed by atoms with E-state index in [9.17, 15) is 4.79 Å². The molecule has 1 aliphatic rings. The lowest BCUT2D eigenvalue weighted by molar-refractivity contribution is -0.140. The lowest BCUT2D eigenvalue weighted by Gasteiger charge is -2.30. The molecule has 2 rings (SSSR count). The standard InChI is InChI=1S/C12H17ClN2O2S/c1-12(7-17-6-9(12)14)11(16)15(2)5-8-3-4-10(13)18-8/h3-4,9H,5-7,14H2,1-2H3. The van der Waals surface area contributed by atoms with Gasteiger partial charge in [0.05, 0.1) is 29.5 Å². The van der Waals surface area contributed by atoms with E-state index in [1.165, 1.54) is 11.3 Å². The van der Waals surface area contributed by atoms with Crippen molar-refractivity contribution in [1.29, 1.82) is 0 Å². The number of hydrogen-bond donors (Lipinski definition) is 1. The Kier molecular flexibility index (Phi) is 3.96. The molecule has 2 heterocycles. The molecule has 0 bridgehead atoms. The molecule has 1 saturated heterocycles. The van der Waals surface area contributed by atoms with Crippen LogP contribution in [0.1, 0.15) is 11.8 Å². The van der Waals surface area contributed by atoms with Gasteiger partial charge in [0.2, 0.25) is 5.91 Å². The van der Waals surface area contributed by atoms with Crippen molar-refractivity contribution in [2.45, 2.75) is 19.5 Å². The molecule has 1 aliphatic heterocycles. The molecule has 0 aliphatic carbocycles. The number of nitrogens with zero attached hydrogens (tertiary/aromatic N) is 1. The van der Waals surface area contributed by atoms with Crippen LogP contribution >= 0.6 is 22.9 Å². The second-order valence-electron chi connectivity index (χ2n) is 4.91. The van der Waals surface area contributed by atoms with Gasteiger partial charge in [-0.15, -0.1) is 11.3 Å². The summed E-state index contributed by atoms with van der Waals surface area (Å²) in [6.45, 7) is 3.26. The number of thiophene rings is 1. The van der Waals surface area contributed by atoms with Crippen LogP contribution in [0.2, 0.25) is 4.34 Å². The maximum Gasteiger partial charge on any atom is 0.232 e. The molecule has 2 unspecified atom stereocenters. The van der Waals surface area contributed by atoms with Crippen LogP contribution in [0.5, 0.6) is 0 Å². The van der Waals surface area contributed by atoms with Crippen molar-refractivity contribution in [3.05, 3.63) is 21.3 Å². The first-order chi connectivity index (χ1) is 8.43. The molecule has 0 radical (unpaired) electrons. The van der Waals surface area contributed by atoms with Crippen molar-refractivity contribution in [2.24, 2.45) is 11.1 Å². The summed E-state index contributed by atoms with van der Waals surface area (Å²) in [5.74, 6) is 0.0250. The van der Waals surface area contributed by atoms with Crippen molar-refractivity contribution in [1.82, 2.24) is 4.90 Å². The van der Waals surface area contributed by atoms with Crippen molar-refractivity contribution < 1.29 is 9.53 Å². The molecule has 6 heteroatoms. The van der Waals surface area contributed by atoms with E-state index in [2.05, 4.69) is 0 Å². The van der Waals surface area contributed by atoms with Gasteiger partial charge in [0, 0.05) is 18.0 Å². The Balaban J connectivity index is 2.05. The summed E-state index contributed by atoms with van der Waals surface area (Å²) in [4.78, 5) is 15.2. The largest absolute Gasteiger partial charge is 0.379 e. The zero-order chi connectivity index (χ0) is 13.3. The van der Waals surface area contributed by atoms with Crippen molar-refractivity contribution in [2.75, 3.05) is 20.3 Å². The molecular weight excluding hydrogens is 272 g/mol. The molecule has 0 aromatic carbocycles. The first kappa shape index (κ1) is 13.8. The number of ether oxygens (including phenoxy) is 1. The molecule has 0 saturated carbocycles. The predicted molar refractivity (Wildman–Crippen MR) is 72.7 cm³/mol. The van der Waals surface area contributed by atoms with E-state index in [0.29, 0.717) is 19.8 Å². The maximum atomic E-state index is 12.4. The van der Waals surface area contributed by atoms with Gasteiger partial charge in [0.25, 0.3) is 0 Å². The van der Waals surface area contributed by atoms with Crippen LogP contribution in [0.4, 0.5) is 0 Å². The molecule has 1 amide bonds. The average molecular weight is 289 g/mol. The van der Waals surface area contributed by atoms with E-state index in [1.807, 2.05) is 19.1 Å². The Morgan fingerprint density at radius 2 is 2.44 bits per heavy atom. The number of halogens is 1. The fourth-order valence-electron chi connectivity index (χ4n) is 2.09. The number of rotatable bonds is 3. The fourth-order valence-corrected chi connectivity index (χ4v) is 3.23. The number of carbonyl (C=O) groups is 1. The Morgan fingerprint density at radius 3 is 2.94 bits per heavy atom. The zero-order valence-electron chi connectivity index (χ0n) is 10.5. The summed E-state index contributed by atoms with van der Waals surface area (Å²) in [5, 5.41) is 0. The topological polar surface area (TPSA) is 55.6 Å². The highest BCUT2D eigenvalue weighted by atomic mass is 35.5. The van der Waals surface area contributed by atoms with Crippen LogP contribution < -0.4 is 5.73 Å². The molecule has 0 spiro atoms. The van der Waals surface area contributed by atoms with E-state index in [0.717, 1.165) is 9.21 Å². The predicted octanol–water partition coefficient (Wildman–Crippen LogP) is 1.72. The molecular formula is C12H17ClN2O2S. The third-order valence-corrected chi connectivity index (χ3v) is 4.59. The van der Waals surface area contributed by atoms with Crippen LogP contribution in [-0.2, 0) is 16.1 Å². The third kappa shape index (κ3) is 2.54. The highest BCUT2D eigenvalue weighted by Gasteiger charge is 2.45. The van der Waals surface area contributed by atoms with E-state index in [1.54, 1.807) is 11.9 Å². The summed E-state index contributed by atoms with van der Waals surface area (Å²) < 4.78 is 6.04. The molecule has 1 aromatic heterocycles. The fraction of sp³-hybridized carbons (Fsp3) is 0.583. The smallest absolute Gasteiger partial charge is 0.232 e. The Morgan fingerprint density at radius 1 is 1.72 bits per heavy atom. The maximum absolute atomic E-state index is 12.4. The molecule has 2 N–H and O–H groups in total. The second kappa shape index (κ2) is 5.17. The van der Waals surface area contributed by atoms with Crippen molar-refractivity contribution >= 4 is 28.8 Å². The number of carbonyl (C=O) groups excluding carboxylic acids is 1. The van der Waals surface area contributed by atoms with Crippen molar-refractivity contribution in [3.8, 4) is 0 Å². The van der Waals surface area contributed by atoms with Crippen molar-refractivity contribution in [3.63, 3.8) is 0 Å². The van der Waals surface area contributed by atoms with Gasteiger partial charge >= 0.3 is 0 Å². The van der Waals surface area contributed by atoms with Gasteiger partial charge < -0.3 is 15.4 Å².